The second-order valence-electron chi connectivity index (χ2n) is 5.20. The summed E-state index contributed by atoms with van der Waals surface area (Å²) in [6.45, 7) is 5.08. The van der Waals surface area contributed by atoms with Gasteiger partial charge in [0, 0.05) is 20.0 Å². The highest BCUT2D eigenvalue weighted by Crippen LogP contribution is 2.27. The van der Waals surface area contributed by atoms with Gasteiger partial charge in [-0.05, 0) is 31.1 Å². The maximum Gasteiger partial charge on any atom is 0.222 e. The van der Waals surface area contributed by atoms with Gasteiger partial charge in [0.25, 0.3) is 0 Å². The number of hydrogen-bond acceptors (Lipinski definition) is 2. The van der Waals surface area contributed by atoms with Gasteiger partial charge in [-0.3, -0.25) is 4.79 Å². The largest absolute Gasteiger partial charge is 0.393 e. The summed E-state index contributed by atoms with van der Waals surface area (Å²) in [7, 11) is 1.87. The Bertz CT molecular complexity index is 210. The molecular weight excluding hydrogens is 190 g/mol. The van der Waals surface area contributed by atoms with Crippen LogP contribution in [0.3, 0.4) is 0 Å². The van der Waals surface area contributed by atoms with Crippen LogP contribution in [0.15, 0.2) is 0 Å². The molecule has 1 N–H and O–H groups in total. The average molecular weight is 213 g/mol. The van der Waals surface area contributed by atoms with Gasteiger partial charge in [0.15, 0.2) is 0 Å². The molecule has 3 heteroatoms. The topological polar surface area (TPSA) is 40.5 Å². The molecule has 15 heavy (non-hydrogen) atoms. The molecule has 1 amide bonds. The number of rotatable bonds is 5. The molecule has 0 bridgehead atoms. The lowest BCUT2D eigenvalue weighted by Gasteiger charge is -2.34. The van der Waals surface area contributed by atoms with Gasteiger partial charge in [0.1, 0.15) is 0 Å². The normalized spacial score (nSPS) is 25.1. The van der Waals surface area contributed by atoms with Crippen LogP contribution in [0.25, 0.3) is 0 Å². The van der Waals surface area contributed by atoms with E-state index in [0.29, 0.717) is 18.3 Å². The first-order chi connectivity index (χ1) is 6.99. The van der Waals surface area contributed by atoms with Crippen molar-refractivity contribution in [2.45, 2.75) is 45.6 Å². The number of hydrogen-bond donors (Lipinski definition) is 1. The fourth-order valence-electron chi connectivity index (χ4n) is 1.94. The van der Waals surface area contributed by atoms with Crippen LogP contribution in [0, 0.1) is 11.8 Å². The van der Waals surface area contributed by atoms with E-state index in [-0.39, 0.29) is 12.0 Å². The Morgan fingerprint density at radius 1 is 1.47 bits per heavy atom. The van der Waals surface area contributed by atoms with Crippen LogP contribution in [0.1, 0.15) is 39.5 Å². The first-order valence-electron chi connectivity index (χ1n) is 5.91. The Morgan fingerprint density at radius 3 is 2.53 bits per heavy atom. The van der Waals surface area contributed by atoms with E-state index in [1.165, 1.54) is 0 Å². The molecule has 0 spiro atoms. The predicted molar refractivity (Wildman–Crippen MR) is 60.4 cm³/mol. The molecule has 0 aromatic rings. The lowest BCUT2D eigenvalue weighted by Crippen LogP contribution is -2.39. The Balaban J connectivity index is 2.15. The Morgan fingerprint density at radius 2 is 2.07 bits per heavy atom. The molecule has 0 heterocycles. The molecule has 1 saturated carbocycles. The van der Waals surface area contributed by atoms with Gasteiger partial charge in [-0.15, -0.1) is 0 Å². The van der Waals surface area contributed by atoms with Crippen LogP contribution >= 0.6 is 0 Å². The van der Waals surface area contributed by atoms with Crippen LogP contribution in [0.2, 0.25) is 0 Å². The van der Waals surface area contributed by atoms with Crippen molar-refractivity contribution < 1.29 is 9.90 Å². The highest BCUT2D eigenvalue weighted by Gasteiger charge is 2.28. The molecule has 1 rings (SSSR count). The summed E-state index contributed by atoms with van der Waals surface area (Å²) in [6, 6.07) is 0. The van der Waals surface area contributed by atoms with E-state index in [1.807, 2.05) is 11.9 Å². The van der Waals surface area contributed by atoms with E-state index in [9.17, 15) is 4.79 Å². The van der Waals surface area contributed by atoms with Crippen molar-refractivity contribution in [1.82, 2.24) is 4.90 Å². The minimum atomic E-state index is -0.117. The zero-order valence-electron chi connectivity index (χ0n) is 10.1. The van der Waals surface area contributed by atoms with Crippen LogP contribution in [0.4, 0.5) is 0 Å². The second kappa shape index (κ2) is 5.50. The van der Waals surface area contributed by atoms with Gasteiger partial charge in [0.05, 0.1) is 6.10 Å². The molecule has 0 aromatic heterocycles. The highest BCUT2D eigenvalue weighted by molar-refractivity contribution is 5.75. The van der Waals surface area contributed by atoms with Gasteiger partial charge in [-0.2, -0.15) is 0 Å². The van der Waals surface area contributed by atoms with Gasteiger partial charge in [0.2, 0.25) is 5.91 Å². The second-order valence-corrected chi connectivity index (χ2v) is 5.20. The summed E-state index contributed by atoms with van der Waals surface area (Å²) in [4.78, 5) is 13.5. The summed E-state index contributed by atoms with van der Waals surface area (Å²) >= 11 is 0. The van der Waals surface area contributed by atoms with Crippen molar-refractivity contribution in [2.75, 3.05) is 13.6 Å². The van der Waals surface area contributed by atoms with Crippen molar-refractivity contribution in [3.8, 4) is 0 Å². The van der Waals surface area contributed by atoms with E-state index < -0.39 is 0 Å². The minimum absolute atomic E-state index is 0.117. The zero-order valence-corrected chi connectivity index (χ0v) is 10.1. The number of aliphatic hydroxyl groups excluding tert-OH is 1. The van der Waals surface area contributed by atoms with Gasteiger partial charge in [-0.25, -0.2) is 0 Å². The SMILES string of the molecule is CC(C)CCC(=O)N(C)CC1CC(O)C1. The van der Waals surface area contributed by atoms with Crippen molar-refractivity contribution >= 4 is 5.91 Å². The number of amides is 1. The number of carbonyl (C=O) groups excluding carboxylic acids is 1. The fourth-order valence-corrected chi connectivity index (χ4v) is 1.94. The molecule has 0 unspecified atom stereocenters. The summed E-state index contributed by atoms with van der Waals surface area (Å²) in [5.41, 5.74) is 0. The maximum absolute atomic E-state index is 11.7. The number of nitrogens with zero attached hydrogens (tertiary/aromatic N) is 1. The minimum Gasteiger partial charge on any atom is -0.393 e. The first-order valence-corrected chi connectivity index (χ1v) is 5.91. The summed E-state index contributed by atoms with van der Waals surface area (Å²) < 4.78 is 0. The maximum atomic E-state index is 11.7. The monoisotopic (exact) mass is 213 g/mol. The van der Waals surface area contributed by atoms with Crippen LogP contribution < -0.4 is 0 Å². The zero-order chi connectivity index (χ0) is 11.4. The predicted octanol–water partition coefficient (Wildman–Crippen LogP) is 1.65. The van der Waals surface area contributed by atoms with Crippen LogP contribution in [-0.2, 0) is 4.79 Å². The Hall–Kier alpha value is -0.570. The molecule has 0 saturated heterocycles. The lowest BCUT2D eigenvalue weighted by molar-refractivity contribution is -0.131. The van der Waals surface area contributed by atoms with Crippen LogP contribution in [-0.4, -0.2) is 35.6 Å². The molecule has 0 aromatic carbocycles. The van der Waals surface area contributed by atoms with Gasteiger partial charge < -0.3 is 10.0 Å². The number of carbonyl (C=O) groups is 1. The molecule has 1 fully saturated rings. The quantitative estimate of drug-likeness (QED) is 0.754. The number of aliphatic hydroxyl groups is 1. The molecule has 0 radical (unpaired) electrons. The third-order valence-corrected chi connectivity index (χ3v) is 3.10. The molecule has 0 aliphatic heterocycles. The van der Waals surface area contributed by atoms with E-state index >= 15 is 0 Å². The van der Waals surface area contributed by atoms with Crippen molar-refractivity contribution in [3.05, 3.63) is 0 Å². The van der Waals surface area contributed by atoms with Crippen molar-refractivity contribution in [1.29, 1.82) is 0 Å². The van der Waals surface area contributed by atoms with Crippen molar-refractivity contribution in [3.63, 3.8) is 0 Å². The Kier molecular flexibility index (Phi) is 4.58. The molecule has 1 aliphatic carbocycles. The Labute approximate surface area is 92.5 Å². The van der Waals surface area contributed by atoms with E-state index in [2.05, 4.69) is 13.8 Å². The molecular formula is C12H23NO2. The fraction of sp³-hybridized carbons (Fsp3) is 0.917. The third kappa shape index (κ3) is 4.20. The molecule has 0 atom stereocenters. The molecule has 1 aliphatic rings. The lowest BCUT2D eigenvalue weighted by atomic mass is 9.82. The summed E-state index contributed by atoms with van der Waals surface area (Å²) in [5, 5.41) is 9.14. The van der Waals surface area contributed by atoms with Crippen molar-refractivity contribution in [2.24, 2.45) is 11.8 Å². The summed E-state index contributed by atoms with van der Waals surface area (Å²) in [6.07, 6.45) is 3.23. The third-order valence-electron chi connectivity index (χ3n) is 3.10. The molecule has 3 nitrogen and oxygen atoms in total. The van der Waals surface area contributed by atoms with E-state index in [4.69, 9.17) is 5.11 Å². The van der Waals surface area contributed by atoms with Gasteiger partial charge in [-0.1, -0.05) is 13.8 Å². The van der Waals surface area contributed by atoms with E-state index in [1.54, 1.807) is 0 Å². The van der Waals surface area contributed by atoms with E-state index in [0.717, 1.165) is 25.8 Å². The van der Waals surface area contributed by atoms with Gasteiger partial charge >= 0.3 is 0 Å². The highest BCUT2D eigenvalue weighted by atomic mass is 16.3. The standard InChI is InChI=1S/C12H23NO2/c1-9(2)4-5-12(15)13(3)8-10-6-11(14)7-10/h9-11,14H,4-8H2,1-3H3. The average Bonchev–Trinajstić information content (AvgIpc) is 2.11. The first kappa shape index (κ1) is 12.5. The smallest absolute Gasteiger partial charge is 0.222 e. The summed E-state index contributed by atoms with van der Waals surface area (Å²) in [5.74, 6) is 1.35. The van der Waals surface area contributed by atoms with Crippen LogP contribution in [0.5, 0.6) is 0 Å². The molecule has 88 valence electrons.